The zero-order valence-corrected chi connectivity index (χ0v) is 11.7. The van der Waals surface area contributed by atoms with Gasteiger partial charge in [0.1, 0.15) is 0 Å². The predicted molar refractivity (Wildman–Crippen MR) is 80.6 cm³/mol. The minimum Gasteiger partial charge on any atom is -0.393 e. The van der Waals surface area contributed by atoms with Crippen LogP contribution < -0.4 is 10.6 Å². The quantitative estimate of drug-likeness (QED) is 0.872. The van der Waals surface area contributed by atoms with Gasteiger partial charge in [-0.1, -0.05) is 12.1 Å². The standard InChI is InChI=1S/C15H20N4O/c1-10(20)11-6-8-19(9-7-11)15-14(16)17-12-4-2-3-5-13(12)18-15/h2-5,10-11,20H,6-9H2,1H3,(H2,16,17). The van der Waals surface area contributed by atoms with Gasteiger partial charge in [0, 0.05) is 13.1 Å². The van der Waals surface area contributed by atoms with E-state index in [9.17, 15) is 5.11 Å². The Bertz CT molecular complexity index is 606. The molecule has 1 unspecified atom stereocenters. The van der Waals surface area contributed by atoms with Crippen LogP contribution in [0.2, 0.25) is 0 Å². The fourth-order valence-electron chi connectivity index (χ4n) is 2.83. The van der Waals surface area contributed by atoms with Gasteiger partial charge in [-0.3, -0.25) is 0 Å². The smallest absolute Gasteiger partial charge is 0.172 e. The maximum absolute atomic E-state index is 9.66. The van der Waals surface area contributed by atoms with Crippen LogP contribution in [0.5, 0.6) is 0 Å². The van der Waals surface area contributed by atoms with Crippen molar-refractivity contribution in [1.82, 2.24) is 9.97 Å². The number of aromatic nitrogens is 2. The molecule has 3 rings (SSSR count). The average Bonchev–Trinajstić information content (AvgIpc) is 2.46. The Hall–Kier alpha value is -1.88. The van der Waals surface area contributed by atoms with E-state index >= 15 is 0 Å². The molecule has 2 aromatic rings. The number of aliphatic hydroxyl groups excluding tert-OH is 1. The molecule has 0 bridgehead atoms. The normalized spacial score (nSPS) is 18.4. The SMILES string of the molecule is CC(O)C1CCN(c2nc3ccccc3nc2N)CC1. The molecule has 106 valence electrons. The molecule has 0 saturated carbocycles. The van der Waals surface area contributed by atoms with Crippen LogP contribution in [0, 0.1) is 5.92 Å². The van der Waals surface area contributed by atoms with Crippen LogP contribution in [0.1, 0.15) is 19.8 Å². The summed E-state index contributed by atoms with van der Waals surface area (Å²) >= 11 is 0. The topological polar surface area (TPSA) is 75.3 Å². The highest BCUT2D eigenvalue weighted by Gasteiger charge is 2.24. The zero-order chi connectivity index (χ0) is 14.1. The highest BCUT2D eigenvalue weighted by molar-refractivity contribution is 5.79. The monoisotopic (exact) mass is 272 g/mol. The molecule has 0 amide bonds. The van der Waals surface area contributed by atoms with Crippen LogP contribution >= 0.6 is 0 Å². The van der Waals surface area contributed by atoms with E-state index in [0.29, 0.717) is 11.7 Å². The molecule has 0 radical (unpaired) electrons. The molecule has 5 nitrogen and oxygen atoms in total. The molecule has 3 N–H and O–H groups in total. The number of nitrogens with two attached hydrogens (primary N) is 1. The van der Waals surface area contributed by atoms with Gasteiger partial charge in [-0.2, -0.15) is 0 Å². The lowest BCUT2D eigenvalue weighted by Crippen LogP contribution is -2.38. The van der Waals surface area contributed by atoms with Crippen molar-refractivity contribution in [3.05, 3.63) is 24.3 Å². The van der Waals surface area contributed by atoms with Crippen molar-refractivity contribution in [2.75, 3.05) is 23.7 Å². The van der Waals surface area contributed by atoms with Crippen molar-refractivity contribution >= 4 is 22.7 Å². The van der Waals surface area contributed by atoms with E-state index in [-0.39, 0.29) is 6.10 Å². The number of piperidine rings is 1. The molecule has 0 spiro atoms. The summed E-state index contributed by atoms with van der Waals surface area (Å²) in [5.74, 6) is 1.63. The van der Waals surface area contributed by atoms with Crippen molar-refractivity contribution in [3.63, 3.8) is 0 Å². The summed E-state index contributed by atoms with van der Waals surface area (Å²) in [5, 5.41) is 9.66. The van der Waals surface area contributed by atoms with E-state index < -0.39 is 0 Å². The second-order valence-corrected chi connectivity index (χ2v) is 5.49. The van der Waals surface area contributed by atoms with Gasteiger partial charge in [-0.15, -0.1) is 0 Å². The minimum atomic E-state index is -0.239. The van der Waals surface area contributed by atoms with Gasteiger partial charge in [0.2, 0.25) is 0 Å². The number of hydrogen-bond acceptors (Lipinski definition) is 5. The van der Waals surface area contributed by atoms with Crippen molar-refractivity contribution < 1.29 is 5.11 Å². The predicted octanol–water partition coefficient (Wildman–Crippen LogP) is 1.81. The Morgan fingerprint density at radius 3 is 2.40 bits per heavy atom. The lowest BCUT2D eigenvalue weighted by Gasteiger charge is -2.34. The fraction of sp³-hybridized carbons (Fsp3) is 0.467. The van der Waals surface area contributed by atoms with Crippen molar-refractivity contribution in [3.8, 4) is 0 Å². The number of benzene rings is 1. The summed E-state index contributed by atoms with van der Waals surface area (Å²) in [5.41, 5.74) is 7.74. The summed E-state index contributed by atoms with van der Waals surface area (Å²) in [4.78, 5) is 11.2. The first-order valence-electron chi connectivity index (χ1n) is 7.10. The third-order valence-corrected chi connectivity index (χ3v) is 4.10. The van der Waals surface area contributed by atoms with Crippen LogP contribution in [0.4, 0.5) is 11.6 Å². The number of anilines is 2. The number of para-hydroxylation sites is 2. The fourth-order valence-corrected chi connectivity index (χ4v) is 2.83. The lowest BCUT2D eigenvalue weighted by atomic mass is 9.92. The molecule has 1 fully saturated rings. The Morgan fingerprint density at radius 2 is 1.80 bits per heavy atom. The third-order valence-electron chi connectivity index (χ3n) is 4.10. The number of fused-ring (bicyclic) bond motifs is 1. The van der Waals surface area contributed by atoms with Crippen molar-refractivity contribution in [2.24, 2.45) is 5.92 Å². The molecular formula is C15H20N4O. The average molecular weight is 272 g/mol. The van der Waals surface area contributed by atoms with E-state index in [4.69, 9.17) is 5.73 Å². The Labute approximate surface area is 118 Å². The summed E-state index contributed by atoms with van der Waals surface area (Å²) in [6.07, 6.45) is 1.69. The maximum atomic E-state index is 9.66. The third kappa shape index (κ3) is 2.41. The Morgan fingerprint density at radius 1 is 1.20 bits per heavy atom. The first kappa shape index (κ1) is 13.1. The number of hydrogen-bond donors (Lipinski definition) is 2. The molecular weight excluding hydrogens is 252 g/mol. The molecule has 1 saturated heterocycles. The number of aliphatic hydroxyl groups is 1. The van der Waals surface area contributed by atoms with E-state index in [1.165, 1.54) is 0 Å². The van der Waals surface area contributed by atoms with Crippen LogP contribution in [-0.2, 0) is 0 Å². The zero-order valence-electron chi connectivity index (χ0n) is 11.7. The lowest BCUT2D eigenvalue weighted by molar-refractivity contribution is 0.110. The van der Waals surface area contributed by atoms with Gasteiger partial charge in [0.25, 0.3) is 0 Å². The van der Waals surface area contributed by atoms with E-state index in [1.807, 2.05) is 31.2 Å². The molecule has 2 heterocycles. The Kier molecular flexibility index (Phi) is 3.44. The van der Waals surface area contributed by atoms with Gasteiger partial charge in [-0.25, -0.2) is 9.97 Å². The molecule has 1 aromatic heterocycles. The van der Waals surface area contributed by atoms with Gasteiger partial charge in [-0.05, 0) is 37.8 Å². The first-order chi connectivity index (χ1) is 9.65. The van der Waals surface area contributed by atoms with Crippen LogP contribution in [0.3, 0.4) is 0 Å². The number of nitrogens with zero attached hydrogens (tertiary/aromatic N) is 3. The maximum Gasteiger partial charge on any atom is 0.172 e. The van der Waals surface area contributed by atoms with Crippen LogP contribution in [0.25, 0.3) is 11.0 Å². The van der Waals surface area contributed by atoms with Gasteiger partial charge < -0.3 is 15.7 Å². The van der Waals surface area contributed by atoms with E-state index in [0.717, 1.165) is 42.8 Å². The first-order valence-corrected chi connectivity index (χ1v) is 7.10. The second-order valence-electron chi connectivity index (χ2n) is 5.49. The van der Waals surface area contributed by atoms with Crippen LogP contribution in [0.15, 0.2) is 24.3 Å². The summed E-state index contributed by atoms with van der Waals surface area (Å²) < 4.78 is 0. The molecule has 1 aliphatic heterocycles. The number of rotatable bonds is 2. The molecule has 1 aromatic carbocycles. The van der Waals surface area contributed by atoms with Crippen molar-refractivity contribution in [2.45, 2.75) is 25.9 Å². The second kappa shape index (κ2) is 5.25. The molecule has 1 atom stereocenters. The Balaban J connectivity index is 1.86. The number of nitrogen functional groups attached to an aromatic ring is 1. The van der Waals surface area contributed by atoms with Gasteiger partial charge >= 0.3 is 0 Å². The van der Waals surface area contributed by atoms with E-state index in [1.54, 1.807) is 0 Å². The molecule has 1 aliphatic rings. The highest BCUT2D eigenvalue weighted by Crippen LogP contribution is 2.28. The minimum absolute atomic E-state index is 0.239. The van der Waals surface area contributed by atoms with E-state index in [2.05, 4.69) is 14.9 Å². The molecule has 5 heteroatoms. The largest absolute Gasteiger partial charge is 0.393 e. The van der Waals surface area contributed by atoms with Crippen molar-refractivity contribution in [1.29, 1.82) is 0 Å². The van der Waals surface area contributed by atoms with Gasteiger partial charge in [0.05, 0.1) is 17.1 Å². The van der Waals surface area contributed by atoms with Crippen LogP contribution in [-0.4, -0.2) is 34.3 Å². The van der Waals surface area contributed by atoms with Gasteiger partial charge in [0.15, 0.2) is 11.6 Å². The summed E-state index contributed by atoms with van der Waals surface area (Å²) in [7, 11) is 0. The summed E-state index contributed by atoms with van der Waals surface area (Å²) in [6, 6.07) is 7.76. The highest BCUT2D eigenvalue weighted by atomic mass is 16.3. The molecule has 0 aliphatic carbocycles. The summed E-state index contributed by atoms with van der Waals surface area (Å²) in [6.45, 7) is 3.60. The molecule has 20 heavy (non-hydrogen) atoms.